The van der Waals surface area contributed by atoms with Gasteiger partial charge in [0, 0.05) is 23.1 Å². The second-order valence-corrected chi connectivity index (χ2v) is 5.76. The third-order valence-corrected chi connectivity index (χ3v) is 4.20. The fourth-order valence-electron chi connectivity index (χ4n) is 2.98. The zero-order valence-corrected chi connectivity index (χ0v) is 11.8. The number of fused-ring (bicyclic) bond motifs is 1. The number of carboxylic acid groups (broad SMARTS) is 1. The standard InChI is InChI=1S/C16H18N2O3/c1-9-3-2-4-13-15(9)11(8-17-13)7-14(19)18-12-5-10(6-12)16(20)21/h2-4,8,10,12,17H,5-7H2,1H3,(H,18,19)(H,20,21). The number of aliphatic carboxylic acids is 1. The van der Waals surface area contributed by atoms with Gasteiger partial charge in [0.25, 0.3) is 0 Å². The molecule has 1 saturated carbocycles. The molecule has 1 aliphatic rings. The summed E-state index contributed by atoms with van der Waals surface area (Å²) in [6.45, 7) is 2.03. The van der Waals surface area contributed by atoms with Crippen LogP contribution in [0, 0.1) is 12.8 Å². The number of carboxylic acids is 1. The van der Waals surface area contributed by atoms with Crippen LogP contribution in [0.3, 0.4) is 0 Å². The minimum Gasteiger partial charge on any atom is -0.481 e. The van der Waals surface area contributed by atoms with Crippen LogP contribution in [0.25, 0.3) is 10.9 Å². The SMILES string of the molecule is Cc1cccc2[nH]cc(CC(=O)NC3CC(C(=O)O)C3)c12. The largest absolute Gasteiger partial charge is 0.481 e. The van der Waals surface area contributed by atoms with Gasteiger partial charge in [0.15, 0.2) is 0 Å². The Balaban J connectivity index is 1.64. The van der Waals surface area contributed by atoms with Crippen LogP contribution in [-0.2, 0) is 16.0 Å². The number of nitrogens with one attached hydrogen (secondary N) is 2. The molecule has 0 bridgehead atoms. The lowest BCUT2D eigenvalue weighted by Gasteiger charge is -2.32. The molecule has 1 aromatic heterocycles. The van der Waals surface area contributed by atoms with E-state index in [2.05, 4.69) is 10.3 Å². The maximum absolute atomic E-state index is 12.1. The molecule has 1 amide bonds. The van der Waals surface area contributed by atoms with Gasteiger partial charge in [0.2, 0.25) is 5.91 Å². The molecular formula is C16H18N2O3. The van der Waals surface area contributed by atoms with E-state index in [1.807, 2.05) is 31.3 Å². The van der Waals surface area contributed by atoms with Crippen molar-refractivity contribution < 1.29 is 14.7 Å². The molecule has 1 aliphatic carbocycles. The Kier molecular flexibility index (Phi) is 3.41. The molecule has 0 atom stereocenters. The van der Waals surface area contributed by atoms with Crippen LogP contribution < -0.4 is 5.32 Å². The van der Waals surface area contributed by atoms with Crippen molar-refractivity contribution in [1.29, 1.82) is 0 Å². The molecule has 0 aliphatic heterocycles. The molecule has 0 saturated heterocycles. The van der Waals surface area contributed by atoms with Crippen molar-refractivity contribution in [3.8, 4) is 0 Å². The van der Waals surface area contributed by atoms with Gasteiger partial charge in [-0.05, 0) is 37.0 Å². The van der Waals surface area contributed by atoms with Crippen LogP contribution in [0.4, 0.5) is 0 Å². The van der Waals surface area contributed by atoms with Gasteiger partial charge in [-0.15, -0.1) is 0 Å². The first kappa shape index (κ1) is 13.7. The summed E-state index contributed by atoms with van der Waals surface area (Å²) in [5.74, 6) is -1.12. The van der Waals surface area contributed by atoms with E-state index in [1.165, 1.54) is 0 Å². The summed E-state index contributed by atoms with van der Waals surface area (Å²) < 4.78 is 0. The van der Waals surface area contributed by atoms with E-state index in [9.17, 15) is 9.59 Å². The Hall–Kier alpha value is -2.30. The third-order valence-electron chi connectivity index (χ3n) is 4.20. The summed E-state index contributed by atoms with van der Waals surface area (Å²) >= 11 is 0. The predicted molar refractivity (Wildman–Crippen MR) is 79.0 cm³/mol. The smallest absolute Gasteiger partial charge is 0.306 e. The lowest BCUT2D eigenvalue weighted by Crippen LogP contribution is -2.47. The highest BCUT2D eigenvalue weighted by Gasteiger charge is 2.35. The molecule has 5 heteroatoms. The number of carbonyl (C=O) groups excluding carboxylic acids is 1. The van der Waals surface area contributed by atoms with E-state index in [0.717, 1.165) is 22.0 Å². The van der Waals surface area contributed by atoms with Crippen LogP contribution in [0.15, 0.2) is 24.4 Å². The van der Waals surface area contributed by atoms with Gasteiger partial charge in [-0.2, -0.15) is 0 Å². The lowest BCUT2D eigenvalue weighted by molar-refractivity contribution is -0.146. The maximum atomic E-state index is 12.1. The number of aromatic nitrogens is 1. The molecule has 1 fully saturated rings. The molecule has 1 heterocycles. The average molecular weight is 286 g/mol. The van der Waals surface area contributed by atoms with Gasteiger partial charge in [-0.3, -0.25) is 9.59 Å². The van der Waals surface area contributed by atoms with Gasteiger partial charge in [0.1, 0.15) is 0 Å². The molecule has 1 aromatic carbocycles. The van der Waals surface area contributed by atoms with Crippen molar-refractivity contribution in [3.05, 3.63) is 35.5 Å². The number of benzene rings is 1. The van der Waals surface area contributed by atoms with Crippen molar-refractivity contribution in [2.75, 3.05) is 0 Å². The number of aryl methyl sites for hydroxylation is 1. The van der Waals surface area contributed by atoms with E-state index in [4.69, 9.17) is 5.11 Å². The van der Waals surface area contributed by atoms with Crippen LogP contribution >= 0.6 is 0 Å². The molecule has 3 N–H and O–H groups in total. The zero-order chi connectivity index (χ0) is 15.0. The van der Waals surface area contributed by atoms with Crippen molar-refractivity contribution >= 4 is 22.8 Å². The van der Waals surface area contributed by atoms with Crippen molar-refractivity contribution in [2.24, 2.45) is 5.92 Å². The molecule has 0 radical (unpaired) electrons. The van der Waals surface area contributed by atoms with Crippen LogP contribution in [0.1, 0.15) is 24.0 Å². The second kappa shape index (κ2) is 5.24. The number of carbonyl (C=O) groups is 2. The molecule has 110 valence electrons. The highest BCUT2D eigenvalue weighted by molar-refractivity contribution is 5.91. The van der Waals surface area contributed by atoms with Crippen LogP contribution in [0.5, 0.6) is 0 Å². The fraction of sp³-hybridized carbons (Fsp3) is 0.375. The minimum absolute atomic E-state index is 0.00454. The number of amides is 1. The van der Waals surface area contributed by atoms with Gasteiger partial charge in [-0.25, -0.2) is 0 Å². The molecule has 3 rings (SSSR count). The summed E-state index contributed by atoms with van der Waals surface area (Å²) in [4.78, 5) is 26.0. The van der Waals surface area contributed by atoms with Crippen LogP contribution in [0.2, 0.25) is 0 Å². The number of H-pyrrole nitrogens is 1. The summed E-state index contributed by atoms with van der Waals surface area (Å²) in [6.07, 6.45) is 3.26. The average Bonchev–Trinajstić information content (AvgIpc) is 2.77. The molecule has 2 aromatic rings. The first-order valence-corrected chi connectivity index (χ1v) is 7.12. The van der Waals surface area contributed by atoms with Crippen molar-refractivity contribution in [3.63, 3.8) is 0 Å². The van der Waals surface area contributed by atoms with Gasteiger partial charge in [-0.1, -0.05) is 12.1 Å². The van der Waals surface area contributed by atoms with E-state index in [0.29, 0.717) is 19.3 Å². The topological polar surface area (TPSA) is 82.2 Å². The van der Waals surface area contributed by atoms with Gasteiger partial charge in [0.05, 0.1) is 12.3 Å². The molecular weight excluding hydrogens is 268 g/mol. The van der Waals surface area contributed by atoms with Crippen molar-refractivity contribution in [2.45, 2.75) is 32.2 Å². The Labute approximate surface area is 122 Å². The van der Waals surface area contributed by atoms with Crippen molar-refractivity contribution in [1.82, 2.24) is 10.3 Å². The molecule has 0 spiro atoms. The predicted octanol–water partition coefficient (Wildman–Crippen LogP) is 2.00. The lowest BCUT2D eigenvalue weighted by atomic mass is 9.80. The first-order chi connectivity index (χ1) is 10.0. The molecule has 5 nitrogen and oxygen atoms in total. The third kappa shape index (κ3) is 2.63. The molecule has 0 unspecified atom stereocenters. The zero-order valence-electron chi connectivity index (χ0n) is 11.8. The van der Waals surface area contributed by atoms with E-state index in [-0.39, 0.29) is 17.9 Å². The highest BCUT2D eigenvalue weighted by atomic mass is 16.4. The Morgan fingerprint density at radius 3 is 2.86 bits per heavy atom. The summed E-state index contributed by atoms with van der Waals surface area (Å²) in [5.41, 5.74) is 3.16. The van der Waals surface area contributed by atoms with Gasteiger partial charge >= 0.3 is 5.97 Å². The summed E-state index contributed by atoms with van der Waals surface area (Å²) in [6, 6.07) is 6.01. The number of hydrogen-bond donors (Lipinski definition) is 3. The minimum atomic E-state index is -0.771. The van der Waals surface area contributed by atoms with Crippen LogP contribution in [-0.4, -0.2) is 28.0 Å². The second-order valence-electron chi connectivity index (χ2n) is 5.76. The summed E-state index contributed by atoms with van der Waals surface area (Å²) in [7, 11) is 0. The van der Waals surface area contributed by atoms with E-state index in [1.54, 1.807) is 0 Å². The quantitative estimate of drug-likeness (QED) is 0.804. The number of rotatable bonds is 4. The first-order valence-electron chi connectivity index (χ1n) is 7.12. The molecule has 21 heavy (non-hydrogen) atoms. The summed E-state index contributed by atoms with van der Waals surface area (Å²) in [5, 5.41) is 12.8. The Morgan fingerprint density at radius 1 is 1.38 bits per heavy atom. The van der Waals surface area contributed by atoms with Gasteiger partial charge < -0.3 is 15.4 Å². The Morgan fingerprint density at radius 2 is 2.14 bits per heavy atom. The monoisotopic (exact) mass is 286 g/mol. The number of hydrogen-bond acceptors (Lipinski definition) is 2. The van der Waals surface area contributed by atoms with E-state index < -0.39 is 5.97 Å². The fourth-order valence-corrected chi connectivity index (χ4v) is 2.98. The maximum Gasteiger partial charge on any atom is 0.306 e. The Bertz CT molecular complexity index is 699. The number of aromatic amines is 1. The van der Waals surface area contributed by atoms with E-state index >= 15 is 0 Å². The normalized spacial score (nSPS) is 21.0. The highest BCUT2D eigenvalue weighted by Crippen LogP contribution is 2.28.